The lowest BCUT2D eigenvalue weighted by Gasteiger charge is -2.16. The number of nitrogens with zero attached hydrogens (tertiary/aromatic N) is 2. The lowest BCUT2D eigenvalue weighted by molar-refractivity contribution is -0.139. The predicted molar refractivity (Wildman–Crippen MR) is 81.2 cm³/mol. The fraction of sp³-hybridized carbons (Fsp3) is 0.308. The maximum atomic E-state index is 13.1. The molecule has 2 rings (SSSR count). The van der Waals surface area contributed by atoms with E-state index in [9.17, 15) is 26.4 Å². The molecule has 0 radical (unpaired) electrons. The fourth-order valence-electron chi connectivity index (χ4n) is 1.91. The highest BCUT2D eigenvalue weighted by Crippen LogP contribution is 2.39. The van der Waals surface area contributed by atoms with Crippen molar-refractivity contribution in [1.82, 2.24) is 10.2 Å². The van der Waals surface area contributed by atoms with Gasteiger partial charge >= 0.3 is 12.2 Å². The van der Waals surface area contributed by atoms with Gasteiger partial charge in [0, 0.05) is 6.92 Å². The highest BCUT2D eigenvalue weighted by atomic mass is 35.5. The Morgan fingerprint density at radius 1 is 1.32 bits per heavy atom. The number of aromatic nitrogens is 2. The Morgan fingerprint density at radius 3 is 2.44 bits per heavy atom. The molecule has 0 saturated heterocycles. The summed E-state index contributed by atoms with van der Waals surface area (Å²) in [6, 6.07) is 0.958. The zero-order chi connectivity index (χ0) is 19.0. The molecule has 0 fully saturated rings. The van der Waals surface area contributed by atoms with E-state index < -0.39 is 48.7 Å². The maximum Gasteiger partial charge on any atom is 0.417 e. The van der Waals surface area contributed by atoms with Crippen LogP contribution in [0.5, 0.6) is 0 Å². The van der Waals surface area contributed by atoms with E-state index in [0.717, 1.165) is 6.07 Å². The summed E-state index contributed by atoms with van der Waals surface area (Å²) in [4.78, 5) is 11.0. The molecule has 0 saturated carbocycles. The second-order valence-corrected chi connectivity index (χ2v) is 7.38. The van der Waals surface area contributed by atoms with E-state index in [2.05, 4.69) is 15.5 Å². The summed E-state index contributed by atoms with van der Waals surface area (Å²) in [7, 11) is -4.35. The standard InChI is InChI=1S/C13H11ClF3N3O4S/c1-3-25(22,23)10-8(13(15,16)17)5-4-7(9(10)14)11(21)18-12-20-19-6(2)24-12/h4-5H,3H2,1-2H3,(H,18,20,21). The highest BCUT2D eigenvalue weighted by molar-refractivity contribution is 7.91. The Bertz CT molecular complexity index is 925. The van der Waals surface area contributed by atoms with Crippen molar-refractivity contribution in [3.63, 3.8) is 0 Å². The van der Waals surface area contributed by atoms with Crippen LogP contribution in [0.15, 0.2) is 21.4 Å². The van der Waals surface area contributed by atoms with Crippen molar-refractivity contribution in [2.24, 2.45) is 0 Å². The SMILES string of the molecule is CCS(=O)(=O)c1c(C(F)(F)F)ccc(C(=O)Nc2nnc(C)o2)c1Cl. The molecule has 0 aliphatic heterocycles. The Hall–Kier alpha value is -2.14. The van der Waals surface area contributed by atoms with Gasteiger partial charge in [-0.15, -0.1) is 5.10 Å². The van der Waals surface area contributed by atoms with Gasteiger partial charge in [-0.2, -0.15) is 13.2 Å². The van der Waals surface area contributed by atoms with Gasteiger partial charge in [0.1, 0.15) is 0 Å². The van der Waals surface area contributed by atoms with Crippen LogP contribution in [0, 0.1) is 6.92 Å². The summed E-state index contributed by atoms with van der Waals surface area (Å²) in [5.41, 5.74) is -1.91. The molecule has 25 heavy (non-hydrogen) atoms. The number of anilines is 1. The predicted octanol–water partition coefficient (Wildman–Crippen LogP) is 3.10. The number of hydrogen-bond acceptors (Lipinski definition) is 6. The molecule has 0 spiro atoms. The van der Waals surface area contributed by atoms with Crippen LogP contribution >= 0.6 is 11.6 Å². The van der Waals surface area contributed by atoms with Crippen LogP contribution in [0.25, 0.3) is 0 Å². The number of halogens is 4. The molecule has 0 bridgehead atoms. The number of benzene rings is 1. The third kappa shape index (κ3) is 3.93. The molecule has 2 aromatic rings. The molecule has 1 aromatic heterocycles. The van der Waals surface area contributed by atoms with Crippen LogP contribution in [0.3, 0.4) is 0 Å². The molecule has 0 atom stereocenters. The molecular weight excluding hydrogens is 387 g/mol. The molecule has 1 amide bonds. The van der Waals surface area contributed by atoms with Crippen LogP contribution in [-0.4, -0.2) is 30.3 Å². The van der Waals surface area contributed by atoms with Gasteiger partial charge in [-0.05, 0) is 12.1 Å². The van der Waals surface area contributed by atoms with Crippen molar-refractivity contribution in [1.29, 1.82) is 0 Å². The van der Waals surface area contributed by atoms with Crippen LogP contribution in [-0.2, 0) is 16.0 Å². The summed E-state index contributed by atoms with van der Waals surface area (Å²) in [5.74, 6) is -1.47. The first-order valence-corrected chi connectivity index (χ1v) is 8.74. The number of rotatable bonds is 4. The molecule has 0 aliphatic rings. The second kappa shape index (κ2) is 6.64. The minimum absolute atomic E-state index is 0.142. The van der Waals surface area contributed by atoms with Gasteiger partial charge in [-0.1, -0.05) is 23.6 Å². The number of nitrogens with one attached hydrogen (secondary N) is 1. The highest BCUT2D eigenvalue weighted by Gasteiger charge is 2.39. The van der Waals surface area contributed by atoms with Gasteiger partial charge in [0.05, 0.1) is 26.8 Å². The molecular formula is C13H11ClF3N3O4S. The van der Waals surface area contributed by atoms with Gasteiger partial charge in [0.25, 0.3) is 5.91 Å². The molecule has 1 aromatic carbocycles. The zero-order valence-electron chi connectivity index (χ0n) is 12.8. The Kier molecular flexibility index (Phi) is 5.09. The smallest absolute Gasteiger partial charge is 0.408 e. The third-order valence-electron chi connectivity index (χ3n) is 3.08. The van der Waals surface area contributed by atoms with Gasteiger partial charge in [-0.3, -0.25) is 10.1 Å². The first-order chi connectivity index (χ1) is 11.5. The maximum absolute atomic E-state index is 13.1. The van der Waals surface area contributed by atoms with E-state index in [1.54, 1.807) is 0 Å². The molecule has 136 valence electrons. The zero-order valence-corrected chi connectivity index (χ0v) is 14.4. The first-order valence-electron chi connectivity index (χ1n) is 6.71. The van der Waals surface area contributed by atoms with Crippen LogP contribution in [0.4, 0.5) is 19.2 Å². The quantitative estimate of drug-likeness (QED) is 0.850. The van der Waals surface area contributed by atoms with Gasteiger partial charge in [0.15, 0.2) is 9.84 Å². The van der Waals surface area contributed by atoms with E-state index in [4.69, 9.17) is 16.0 Å². The van der Waals surface area contributed by atoms with Crippen LogP contribution < -0.4 is 5.32 Å². The minimum Gasteiger partial charge on any atom is -0.408 e. The number of aryl methyl sites for hydroxylation is 1. The first kappa shape index (κ1) is 19.2. The molecule has 7 nitrogen and oxygen atoms in total. The summed E-state index contributed by atoms with van der Waals surface area (Å²) >= 11 is 5.84. The van der Waals surface area contributed by atoms with Crippen molar-refractivity contribution < 1.29 is 30.8 Å². The fourth-order valence-corrected chi connectivity index (χ4v) is 3.71. The summed E-state index contributed by atoms with van der Waals surface area (Å²) in [5, 5.41) is 8.27. The van der Waals surface area contributed by atoms with Gasteiger partial charge in [-0.25, -0.2) is 8.42 Å². The molecule has 0 unspecified atom stereocenters. The average molecular weight is 398 g/mol. The number of amides is 1. The van der Waals surface area contributed by atoms with Crippen molar-refractivity contribution in [3.8, 4) is 0 Å². The van der Waals surface area contributed by atoms with E-state index in [1.165, 1.54) is 13.8 Å². The molecule has 1 N–H and O–H groups in total. The third-order valence-corrected chi connectivity index (χ3v) is 5.40. The summed E-state index contributed by atoms with van der Waals surface area (Å²) < 4.78 is 68.4. The topological polar surface area (TPSA) is 102 Å². The monoisotopic (exact) mass is 397 g/mol. The van der Waals surface area contributed by atoms with E-state index in [1.807, 2.05) is 0 Å². The van der Waals surface area contributed by atoms with Gasteiger partial charge < -0.3 is 4.42 Å². The van der Waals surface area contributed by atoms with E-state index in [0.29, 0.717) is 6.07 Å². The second-order valence-electron chi connectivity index (χ2n) is 4.79. The number of sulfone groups is 1. The van der Waals surface area contributed by atoms with Crippen LogP contribution in [0.2, 0.25) is 5.02 Å². The number of carbonyl (C=O) groups is 1. The largest absolute Gasteiger partial charge is 0.417 e. The van der Waals surface area contributed by atoms with Crippen molar-refractivity contribution in [3.05, 3.63) is 34.2 Å². The van der Waals surface area contributed by atoms with E-state index in [-0.39, 0.29) is 11.9 Å². The Balaban J connectivity index is 2.58. The van der Waals surface area contributed by atoms with Gasteiger partial charge in [0.2, 0.25) is 5.89 Å². The number of hydrogen-bond donors (Lipinski definition) is 1. The van der Waals surface area contributed by atoms with Crippen molar-refractivity contribution in [2.45, 2.75) is 24.9 Å². The summed E-state index contributed by atoms with van der Waals surface area (Å²) in [6.07, 6.45) is -4.96. The minimum atomic E-state index is -4.96. The lowest BCUT2D eigenvalue weighted by Crippen LogP contribution is -2.19. The van der Waals surface area contributed by atoms with Crippen molar-refractivity contribution >= 4 is 33.4 Å². The van der Waals surface area contributed by atoms with Crippen molar-refractivity contribution in [2.75, 3.05) is 11.1 Å². The molecule has 0 aliphatic carbocycles. The Morgan fingerprint density at radius 2 is 1.96 bits per heavy atom. The molecule has 1 heterocycles. The molecule has 12 heteroatoms. The number of alkyl halides is 3. The average Bonchev–Trinajstić information content (AvgIpc) is 2.90. The number of carbonyl (C=O) groups excluding carboxylic acids is 1. The Labute approximate surface area is 145 Å². The van der Waals surface area contributed by atoms with E-state index >= 15 is 0 Å². The lowest BCUT2D eigenvalue weighted by atomic mass is 10.1. The summed E-state index contributed by atoms with van der Waals surface area (Å²) in [6.45, 7) is 2.62. The normalized spacial score (nSPS) is 12.2. The van der Waals surface area contributed by atoms with Crippen LogP contribution in [0.1, 0.15) is 28.7 Å².